The Morgan fingerprint density at radius 3 is 2.73 bits per heavy atom. The molecule has 2 N–H and O–H groups in total. The second kappa shape index (κ2) is 7.47. The molecule has 8 heteroatoms. The largest absolute Gasteiger partial charge is 0.484 e. The maximum Gasteiger partial charge on any atom is 0.260 e. The minimum Gasteiger partial charge on any atom is -0.484 e. The number of benzene rings is 1. The van der Waals surface area contributed by atoms with Crippen LogP contribution in [0, 0.1) is 12.7 Å². The minimum atomic E-state index is -0.560. The molecular formula is C18H19FN4O3. The van der Waals surface area contributed by atoms with Crippen LogP contribution >= 0.6 is 0 Å². The van der Waals surface area contributed by atoms with Gasteiger partial charge in [0.2, 0.25) is 0 Å². The Labute approximate surface area is 150 Å². The zero-order valence-electron chi connectivity index (χ0n) is 14.3. The van der Waals surface area contributed by atoms with Gasteiger partial charge < -0.3 is 15.4 Å². The summed E-state index contributed by atoms with van der Waals surface area (Å²) >= 11 is 0. The molecule has 1 aliphatic heterocycles. The predicted molar refractivity (Wildman–Crippen MR) is 91.1 cm³/mol. The number of halogens is 1. The summed E-state index contributed by atoms with van der Waals surface area (Å²) in [5.74, 6) is -0.0228. The van der Waals surface area contributed by atoms with Crippen molar-refractivity contribution in [2.45, 2.75) is 19.3 Å². The quantitative estimate of drug-likeness (QED) is 0.871. The van der Waals surface area contributed by atoms with Crippen molar-refractivity contribution in [3.05, 3.63) is 53.4 Å². The van der Waals surface area contributed by atoms with Crippen LogP contribution in [-0.2, 0) is 4.79 Å². The fraction of sp³-hybridized carbons (Fsp3) is 0.333. The summed E-state index contributed by atoms with van der Waals surface area (Å²) in [5, 5.41) is 0. The van der Waals surface area contributed by atoms with Gasteiger partial charge in [-0.3, -0.25) is 9.59 Å². The van der Waals surface area contributed by atoms with Gasteiger partial charge in [-0.05, 0) is 37.6 Å². The van der Waals surface area contributed by atoms with Crippen LogP contribution in [0.15, 0.2) is 30.5 Å². The monoisotopic (exact) mass is 358 g/mol. The molecule has 7 nitrogen and oxygen atoms in total. The van der Waals surface area contributed by atoms with Gasteiger partial charge in [-0.1, -0.05) is 0 Å². The van der Waals surface area contributed by atoms with E-state index in [1.54, 1.807) is 11.8 Å². The van der Waals surface area contributed by atoms with E-state index in [1.807, 2.05) is 0 Å². The molecule has 2 aromatic rings. The molecule has 1 atom stereocenters. The van der Waals surface area contributed by atoms with Gasteiger partial charge in [0.15, 0.2) is 6.61 Å². The van der Waals surface area contributed by atoms with Gasteiger partial charge in [0.25, 0.3) is 11.8 Å². The van der Waals surface area contributed by atoms with Gasteiger partial charge in [-0.25, -0.2) is 14.4 Å². The number of aryl methyl sites for hydroxylation is 1. The average Bonchev–Trinajstić information content (AvgIpc) is 3.11. The Bertz CT molecular complexity index is 826. The van der Waals surface area contributed by atoms with Crippen LogP contribution in [0.4, 0.5) is 4.39 Å². The van der Waals surface area contributed by atoms with Crippen LogP contribution in [0.2, 0.25) is 0 Å². The van der Waals surface area contributed by atoms with E-state index in [1.165, 1.54) is 30.5 Å². The topological polar surface area (TPSA) is 98.4 Å². The molecule has 0 aliphatic carbocycles. The summed E-state index contributed by atoms with van der Waals surface area (Å²) in [4.78, 5) is 33.8. The Morgan fingerprint density at radius 1 is 1.35 bits per heavy atom. The molecule has 26 heavy (non-hydrogen) atoms. The molecule has 1 unspecified atom stereocenters. The second-order valence-corrected chi connectivity index (χ2v) is 6.16. The van der Waals surface area contributed by atoms with Crippen LogP contribution < -0.4 is 10.5 Å². The summed E-state index contributed by atoms with van der Waals surface area (Å²) in [5.41, 5.74) is 6.10. The zero-order valence-corrected chi connectivity index (χ0v) is 14.3. The van der Waals surface area contributed by atoms with Crippen molar-refractivity contribution in [3.8, 4) is 5.75 Å². The lowest BCUT2D eigenvalue weighted by atomic mass is 10.1. The highest BCUT2D eigenvalue weighted by molar-refractivity contribution is 5.93. The van der Waals surface area contributed by atoms with Crippen LogP contribution in [0.5, 0.6) is 5.75 Å². The average molecular weight is 358 g/mol. The van der Waals surface area contributed by atoms with Crippen molar-refractivity contribution < 1.29 is 18.7 Å². The summed E-state index contributed by atoms with van der Waals surface area (Å²) in [6.07, 6.45) is 2.17. The molecule has 136 valence electrons. The third-order valence-corrected chi connectivity index (χ3v) is 4.35. The first kappa shape index (κ1) is 17.8. The molecular weight excluding hydrogens is 339 g/mol. The molecule has 3 rings (SSSR count). The molecule has 1 aliphatic rings. The first-order valence-corrected chi connectivity index (χ1v) is 8.23. The van der Waals surface area contributed by atoms with Gasteiger partial charge >= 0.3 is 0 Å². The number of carbonyl (C=O) groups is 2. The summed E-state index contributed by atoms with van der Waals surface area (Å²) in [7, 11) is 0. The fourth-order valence-electron chi connectivity index (χ4n) is 2.89. The third kappa shape index (κ3) is 3.96. The molecule has 0 radical (unpaired) electrons. The molecule has 0 spiro atoms. The summed E-state index contributed by atoms with van der Waals surface area (Å²) in [6.45, 7) is 2.66. The minimum absolute atomic E-state index is 0.00500. The number of hydrogen-bond donors (Lipinski definition) is 1. The van der Waals surface area contributed by atoms with Crippen molar-refractivity contribution in [1.29, 1.82) is 0 Å². The zero-order chi connectivity index (χ0) is 18.7. The lowest BCUT2D eigenvalue weighted by Gasteiger charge is -2.17. The Morgan fingerprint density at radius 2 is 2.08 bits per heavy atom. The Kier molecular flexibility index (Phi) is 5.11. The normalized spacial score (nSPS) is 16.5. The van der Waals surface area contributed by atoms with E-state index in [0.29, 0.717) is 35.9 Å². The van der Waals surface area contributed by atoms with Crippen molar-refractivity contribution in [1.82, 2.24) is 14.9 Å². The van der Waals surface area contributed by atoms with E-state index >= 15 is 0 Å². The van der Waals surface area contributed by atoms with Crippen LogP contribution in [0.3, 0.4) is 0 Å². The summed E-state index contributed by atoms with van der Waals surface area (Å²) in [6, 6.07) is 5.51. The second-order valence-electron chi connectivity index (χ2n) is 6.16. The number of nitrogens with zero attached hydrogens (tertiary/aromatic N) is 3. The van der Waals surface area contributed by atoms with Crippen LogP contribution in [-0.4, -0.2) is 46.4 Å². The highest BCUT2D eigenvalue weighted by Crippen LogP contribution is 2.25. The van der Waals surface area contributed by atoms with Gasteiger partial charge in [-0.2, -0.15) is 0 Å². The number of amides is 2. The highest BCUT2D eigenvalue weighted by Gasteiger charge is 2.29. The maximum atomic E-state index is 12.9. The first-order valence-electron chi connectivity index (χ1n) is 8.23. The lowest BCUT2D eigenvalue weighted by molar-refractivity contribution is -0.132. The molecule has 2 amide bonds. The smallest absolute Gasteiger partial charge is 0.260 e. The van der Waals surface area contributed by atoms with E-state index in [4.69, 9.17) is 10.5 Å². The van der Waals surface area contributed by atoms with Gasteiger partial charge in [0, 0.05) is 25.2 Å². The number of carbonyl (C=O) groups excluding carboxylic acids is 2. The number of primary amides is 1. The number of rotatable bonds is 5. The van der Waals surface area contributed by atoms with E-state index in [2.05, 4.69) is 9.97 Å². The Balaban J connectivity index is 1.57. The van der Waals surface area contributed by atoms with E-state index in [-0.39, 0.29) is 24.2 Å². The number of nitrogens with two attached hydrogens (primary N) is 1. The fourth-order valence-corrected chi connectivity index (χ4v) is 2.89. The molecule has 1 aromatic heterocycles. The van der Waals surface area contributed by atoms with Crippen molar-refractivity contribution in [2.24, 2.45) is 5.73 Å². The molecule has 1 saturated heterocycles. The van der Waals surface area contributed by atoms with Gasteiger partial charge in [0.05, 0.1) is 11.3 Å². The maximum absolute atomic E-state index is 12.9. The van der Waals surface area contributed by atoms with Crippen molar-refractivity contribution >= 4 is 11.8 Å². The van der Waals surface area contributed by atoms with E-state index in [0.717, 1.165) is 6.42 Å². The molecule has 0 saturated carbocycles. The van der Waals surface area contributed by atoms with E-state index < -0.39 is 5.91 Å². The molecule has 2 heterocycles. The third-order valence-electron chi connectivity index (χ3n) is 4.35. The number of likely N-dealkylation sites (tertiary alicyclic amines) is 1. The molecule has 1 aromatic carbocycles. The molecule has 1 fully saturated rings. The predicted octanol–water partition coefficient (Wildman–Crippen LogP) is 1.42. The van der Waals surface area contributed by atoms with Crippen molar-refractivity contribution in [3.63, 3.8) is 0 Å². The number of hydrogen-bond acceptors (Lipinski definition) is 5. The number of aromatic nitrogens is 2. The lowest BCUT2D eigenvalue weighted by Crippen LogP contribution is -2.33. The summed E-state index contributed by atoms with van der Waals surface area (Å²) < 4.78 is 18.3. The van der Waals surface area contributed by atoms with Crippen LogP contribution in [0.1, 0.15) is 34.2 Å². The van der Waals surface area contributed by atoms with Gasteiger partial charge in [0.1, 0.15) is 17.4 Å². The standard InChI is InChI=1S/C18H19FN4O3/c1-11-15(17(20)25)8-21-18(22-11)12-6-7-23(9-12)16(24)10-26-14-4-2-13(19)3-5-14/h2-5,8,12H,6-7,9-10H2,1H3,(H2,20,25). The first-order chi connectivity index (χ1) is 12.4. The van der Waals surface area contributed by atoms with E-state index in [9.17, 15) is 14.0 Å². The van der Waals surface area contributed by atoms with Crippen molar-refractivity contribution in [2.75, 3.05) is 19.7 Å². The number of ether oxygens (including phenoxy) is 1. The molecule has 0 bridgehead atoms. The Hall–Kier alpha value is -3.03. The highest BCUT2D eigenvalue weighted by atomic mass is 19.1. The SMILES string of the molecule is Cc1nc(C2CCN(C(=O)COc3ccc(F)cc3)C2)ncc1C(N)=O. The van der Waals surface area contributed by atoms with Crippen LogP contribution in [0.25, 0.3) is 0 Å². The van der Waals surface area contributed by atoms with Gasteiger partial charge in [-0.15, -0.1) is 0 Å².